The van der Waals surface area contributed by atoms with Crippen LogP contribution in [0.1, 0.15) is 13.3 Å². The number of rotatable bonds is 3. The van der Waals surface area contributed by atoms with Crippen molar-refractivity contribution in [3.05, 3.63) is 0 Å². The van der Waals surface area contributed by atoms with Gasteiger partial charge in [-0.25, -0.2) is 4.79 Å². The molecular formula is C5H12NO2P. The Bertz CT molecular complexity index is 87.0. The zero-order valence-corrected chi connectivity index (χ0v) is 6.67. The van der Waals surface area contributed by atoms with Crippen molar-refractivity contribution in [2.24, 2.45) is 0 Å². The lowest BCUT2D eigenvalue weighted by atomic mass is 10.5. The largest absolute Gasteiger partial charge is 0.446 e. The normalized spacial score (nSPS) is 8.67. The van der Waals surface area contributed by atoms with Gasteiger partial charge in [0, 0.05) is 6.54 Å². The fourth-order valence-electron chi connectivity index (χ4n) is 0.354. The van der Waals surface area contributed by atoms with Crippen LogP contribution < -0.4 is 5.32 Å². The first kappa shape index (κ1) is 8.70. The fourth-order valence-corrected chi connectivity index (χ4v) is 0.505. The molecule has 0 saturated carbocycles. The van der Waals surface area contributed by atoms with Gasteiger partial charge in [-0.2, -0.15) is 0 Å². The number of ether oxygens (including phenoxy) is 1. The minimum Gasteiger partial charge on any atom is -0.446 e. The van der Waals surface area contributed by atoms with Crippen LogP contribution in [0.4, 0.5) is 4.79 Å². The number of hydrogen-bond acceptors (Lipinski definition) is 2. The average molecular weight is 149 g/mol. The van der Waals surface area contributed by atoms with E-state index in [0.29, 0.717) is 12.9 Å². The van der Waals surface area contributed by atoms with E-state index in [1.807, 2.05) is 6.92 Å². The van der Waals surface area contributed by atoms with Crippen LogP contribution in [-0.2, 0) is 4.74 Å². The van der Waals surface area contributed by atoms with Crippen molar-refractivity contribution in [1.29, 1.82) is 0 Å². The zero-order chi connectivity index (χ0) is 7.11. The van der Waals surface area contributed by atoms with E-state index in [4.69, 9.17) is 0 Å². The Morgan fingerprint density at radius 2 is 2.44 bits per heavy atom. The molecule has 0 aliphatic rings. The van der Waals surface area contributed by atoms with Gasteiger partial charge in [0.2, 0.25) is 0 Å². The summed E-state index contributed by atoms with van der Waals surface area (Å²) < 4.78 is 4.56. The van der Waals surface area contributed by atoms with Crippen molar-refractivity contribution in [1.82, 2.24) is 5.32 Å². The van der Waals surface area contributed by atoms with Crippen LogP contribution >= 0.6 is 9.24 Å². The van der Waals surface area contributed by atoms with Crippen LogP contribution in [-0.4, -0.2) is 19.0 Å². The minimum atomic E-state index is -0.341. The third kappa shape index (κ3) is 5.57. The van der Waals surface area contributed by atoms with Crippen LogP contribution in [0, 0.1) is 0 Å². The molecule has 1 atom stereocenters. The molecule has 0 aromatic heterocycles. The van der Waals surface area contributed by atoms with Gasteiger partial charge in [0.05, 0.1) is 0 Å². The first-order valence-corrected chi connectivity index (χ1v) is 3.73. The number of carbonyl (C=O) groups is 1. The Balaban J connectivity index is 3.06. The molecule has 1 N–H and O–H groups in total. The van der Waals surface area contributed by atoms with Crippen LogP contribution in [0.3, 0.4) is 0 Å². The van der Waals surface area contributed by atoms with Gasteiger partial charge in [-0.05, 0) is 6.42 Å². The molecule has 3 nitrogen and oxygen atoms in total. The lowest BCUT2D eigenvalue weighted by Gasteiger charge is -2.01. The summed E-state index contributed by atoms with van der Waals surface area (Å²) in [6.07, 6.45) is 0.952. The third-order valence-corrected chi connectivity index (χ3v) is 0.900. The smallest absolute Gasteiger partial charge is 0.407 e. The molecule has 0 aromatic carbocycles. The average Bonchev–Trinajstić information content (AvgIpc) is 1.85. The van der Waals surface area contributed by atoms with E-state index in [0.717, 1.165) is 6.42 Å². The summed E-state index contributed by atoms with van der Waals surface area (Å²) in [5.41, 5.74) is 0. The van der Waals surface area contributed by atoms with Crippen molar-refractivity contribution in [3.8, 4) is 0 Å². The van der Waals surface area contributed by atoms with E-state index in [1.165, 1.54) is 0 Å². The summed E-state index contributed by atoms with van der Waals surface area (Å²) in [6, 6.07) is 0. The topological polar surface area (TPSA) is 38.3 Å². The van der Waals surface area contributed by atoms with Crippen LogP contribution in [0.25, 0.3) is 0 Å². The lowest BCUT2D eigenvalue weighted by Crippen LogP contribution is -2.24. The lowest BCUT2D eigenvalue weighted by molar-refractivity contribution is 0.165. The highest BCUT2D eigenvalue weighted by Gasteiger charge is 1.94. The summed E-state index contributed by atoms with van der Waals surface area (Å²) >= 11 is 0. The molecule has 0 aliphatic carbocycles. The molecule has 1 amide bonds. The van der Waals surface area contributed by atoms with Crippen molar-refractivity contribution in [3.63, 3.8) is 0 Å². The molecule has 0 spiro atoms. The monoisotopic (exact) mass is 149 g/mol. The Morgan fingerprint density at radius 1 is 1.78 bits per heavy atom. The van der Waals surface area contributed by atoms with Crippen LogP contribution in [0.2, 0.25) is 0 Å². The molecule has 1 unspecified atom stereocenters. The van der Waals surface area contributed by atoms with Gasteiger partial charge in [0.1, 0.15) is 6.35 Å². The van der Waals surface area contributed by atoms with Gasteiger partial charge in [0.25, 0.3) is 0 Å². The van der Waals surface area contributed by atoms with Gasteiger partial charge < -0.3 is 10.1 Å². The third-order valence-electron chi connectivity index (χ3n) is 0.734. The summed E-state index contributed by atoms with van der Waals surface area (Å²) in [5.74, 6) is 0. The van der Waals surface area contributed by atoms with E-state index in [9.17, 15) is 4.79 Å². The van der Waals surface area contributed by atoms with Crippen LogP contribution in [0.15, 0.2) is 0 Å². The first-order valence-electron chi connectivity index (χ1n) is 2.92. The predicted molar refractivity (Wildman–Crippen MR) is 39.4 cm³/mol. The number of nitrogens with one attached hydrogen (secondary N) is 1. The Labute approximate surface area is 57.4 Å². The van der Waals surface area contributed by atoms with Gasteiger partial charge in [-0.3, -0.25) is 0 Å². The van der Waals surface area contributed by atoms with Crippen molar-refractivity contribution < 1.29 is 9.53 Å². The van der Waals surface area contributed by atoms with Gasteiger partial charge in [-0.1, -0.05) is 16.2 Å². The Hall–Kier alpha value is -0.300. The molecule has 0 aromatic rings. The highest BCUT2D eigenvalue weighted by atomic mass is 31.0. The summed E-state index contributed by atoms with van der Waals surface area (Å²) in [6.45, 7) is 2.67. The second-order valence-corrected chi connectivity index (χ2v) is 1.86. The zero-order valence-electron chi connectivity index (χ0n) is 5.52. The van der Waals surface area contributed by atoms with E-state index >= 15 is 0 Å². The minimum absolute atomic E-state index is 0.341. The SMILES string of the molecule is CCCNC(=O)OCP. The number of carbonyl (C=O) groups excluding carboxylic acids is 1. The number of hydrogen-bond donors (Lipinski definition) is 1. The van der Waals surface area contributed by atoms with Crippen molar-refractivity contribution in [2.75, 3.05) is 12.9 Å². The molecule has 9 heavy (non-hydrogen) atoms. The first-order chi connectivity index (χ1) is 4.31. The molecule has 54 valence electrons. The molecule has 0 saturated heterocycles. The van der Waals surface area contributed by atoms with Crippen LogP contribution in [0.5, 0.6) is 0 Å². The maximum absolute atomic E-state index is 10.5. The molecule has 0 rings (SSSR count). The second-order valence-electron chi connectivity index (χ2n) is 1.53. The maximum Gasteiger partial charge on any atom is 0.407 e. The second kappa shape index (κ2) is 5.83. The fraction of sp³-hybridized carbons (Fsp3) is 0.800. The summed E-state index contributed by atoms with van der Waals surface area (Å²) in [4.78, 5) is 10.5. The van der Waals surface area contributed by atoms with Crippen molar-refractivity contribution in [2.45, 2.75) is 13.3 Å². The maximum atomic E-state index is 10.5. The van der Waals surface area contributed by atoms with Crippen molar-refractivity contribution >= 4 is 15.3 Å². The molecule has 0 heterocycles. The Morgan fingerprint density at radius 3 is 2.89 bits per heavy atom. The molecule has 0 fully saturated rings. The van der Waals surface area contributed by atoms with Gasteiger partial charge in [0.15, 0.2) is 0 Å². The van der Waals surface area contributed by atoms with E-state index in [2.05, 4.69) is 19.3 Å². The Kier molecular flexibility index (Phi) is 5.64. The predicted octanol–water partition coefficient (Wildman–Crippen LogP) is 0.955. The van der Waals surface area contributed by atoms with Gasteiger partial charge >= 0.3 is 6.09 Å². The number of alkyl carbamates (subject to hydrolysis) is 1. The quantitative estimate of drug-likeness (QED) is 0.607. The highest BCUT2D eigenvalue weighted by molar-refractivity contribution is 7.16. The highest BCUT2D eigenvalue weighted by Crippen LogP contribution is 1.83. The molecule has 0 radical (unpaired) electrons. The number of amides is 1. The van der Waals surface area contributed by atoms with E-state index in [1.54, 1.807) is 0 Å². The van der Waals surface area contributed by atoms with E-state index < -0.39 is 0 Å². The summed E-state index contributed by atoms with van der Waals surface area (Å²) in [7, 11) is 2.31. The molecule has 0 aliphatic heterocycles. The van der Waals surface area contributed by atoms with E-state index in [-0.39, 0.29) is 6.09 Å². The molecule has 0 bridgehead atoms. The molecular weight excluding hydrogens is 137 g/mol. The summed E-state index contributed by atoms with van der Waals surface area (Å²) in [5, 5.41) is 2.56. The molecule has 4 heteroatoms. The standard InChI is InChI=1S/C5H12NO2P/c1-2-3-6-5(7)8-4-9/h2-4,9H2,1H3,(H,6,7). The van der Waals surface area contributed by atoms with Gasteiger partial charge in [-0.15, -0.1) is 0 Å².